The summed E-state index contributed by atoms with van der Waals surface area (Å²) in [5, 5.41) is 3.89. The Balaban J connectivity index is 1.41. The first-order chi connectivity index (χ1) is 16.8. The lowest BCUT2D eigenvalue weighted by molar-refractivity contribution is -0.111. The van der Waals surface area contributed by atoms with E-state index in [1.165, 1.54) is 6.08 Å². The van der Waals surface area contributed by atoms with E-state index in [0.29, 0.717) is 6.04 Å². The number of hydrogen-bond acceptors (Lipinski definition) is 6. The summed E-state index contributed by atoms with van der Waals surface area (Å²) >= 11 is 0. The summed E-state index contributed by atoms with van der Waals surface area (Å²) in [6, 6.07) is 14.1. The van der Waals surface area contributed by atoms with E-state index in [4.69, 9.17) is 14.7 Å². The Bertz CT molecular complexity index is 1200. The number of aromatic nitrogens is 2. The van der Waals surface area contributed by atoms with Crippen molar-refractivity contribution in [2.24, 2.45) is 0 Å². The molecule has 1 aromatic heterocycles. The highest BCUT2D eigenvalue weighted by Crippen LogP contribution is 2.25. The van der Waals surface area contributed by atoms with Crippen LogP contribution in [0.5, 0.6) is 5.75 Å². The minimum absolute atomic E-state index is 0.130. The highest BCUT2D eigenvalue weighted by molar-refractivity contribution is 6.03. The molecule has 0 spiro atoms. The number of piperidine rings is 1. The molecule has 0 atom stereocenters. The zero-order valence-electron chi connectivity index (χ0n) is 21.3. The zero-order chi connectivity index (χ0) is 24.9. The number of nitrogens with zero attached hydrogens (tertiary/aromatic N) is 4. The normalized spacial score (nSPS) is 14.9. The standard InChI is InChI=1S/C28H35N5O2/c1-19(2)35-24-10-6-21(7-11-24)8-13-27(34)30-22-9-12-26-25(18-22)20(3)29-28(31-26)33-16-14-23(15-17-33)32(4)5/h6-13,18-19,23H,14-17H2,1-5H3,(H,30,34). The van der Waals surface area contributed by atoms with E-state index in [0.717, 1.165) is 65.5 Å². The van der Waals surface area contributed by atoms with Crippen LogP contribution in [-0.2, 0) is 4.79 Å². The summed E-state index contributed by atoms with van der Waals surface area (Å²) in [4.78, 5) is 26.7. The maximum absolute atomic E-state index is 12.5. The molecule has 7 nitrogen and oxygen atoms in total. The van der Waals surface area contributed by atoms with Crippen LogP contribution in [0, 0.1) is 6.92 Å². The van der Waals surface area contributed by atoms with Gasteiger partial charge < -0.3 is 19.9 Å². The number of nitrogens with one attached hydrogen (secondary N) is 1. The monoisotopic (exact) mass is 473 g/mol. The molecule has 3 aromatic rings. The van der Waals surface area contributed by atoms with Gasteiger partial charge in [-0.25, -0.2) is 9.97 Å². The van der Waals surface area contributed by atoms with Crippen molar-refractivity contribution in [3.63, 3.8) is 0 Å². The molecule has 2 aromatic carbocycles. The Labute approximate surface area is 207 Å². The van der Waals surface area contributed by atoms with E-state index in [1.807, 2.05) is 63.2 Å². The number of rotatable bonds is 7. The molecule has 184 valence electrons. The number of carbonyl (C=O) groups is 1. The number of ether oxygens (including phenoxy) is 1. The molecule has 7 heteroatoms. The molecule has 2 heterocycles. The van der Waals surface area contributed by atoms with Crippen LogP contribution in [0.1, 0.15) is 37.9 Å². The van der Waals surface area contributed by atoms with E-state index in [9.17, 15) is 4.79 Å². The van der Waals surface area contributed by atoms with Crippen molar-refractivity contribution in [1.29, 1.82) is 0 Å². The van der Waals surface area contributed by atoms with Gasteiger partial charge in [-0.15, -0.1) is 0 Å². The average Bonchev–Trinajstić information content (AvgIpc) is 2.83. The Hall–Kier alpha value is -3.45. The number of carbonyl (C=O) groups excluding carboxylic acids is 1. The van der Waals surface area contributed by atoms with Gasteiger partial charge in [-0.1, -0.05) is 12.1 Å². The van der Waals surface area contributed by atoms with Gasteiger partial charge in [-0.2, -0.15) is 0 Å². The quantitative estimate of drug-likeness (QED) is 0.492. The van der Waals surface area contributed by atoms with Crippen LogP contribution in [0.25, 0.3) is 17.0 Å². The molecule has 0 aliphatic carbocycles. The van der Waals surface area contributed by atoms with Crippen LogP contribution in [0.3, 0.4) is 0 Å². The molecule has 0 saturated carbocycles. The Kier molecular flexibility index (Phi) is 7.66. The van der Waals surface area contributed by atoms with Gasteiger partial charge in [-0.3, -0.25) is 4.79 Å². The molecule has 1 amide bonds. The number of hydrogen-bond donors (Lipinski definition) is 1. The third-order valence-corrected chi connectivity index (χ3v) is 6.30. The second kappa shape index (κ2) is 10.9. The van der Waals surface area contributed by atoms with Gasteiger partial charge in [0.15, 0.2) is 0 Å². The van der Waals surface area contributed by atoms with Crippen LogP contribution < -0.4 is 15.0 Å². The molecular weight excluding hydrogens is 438 g/mol. The number of benzene rings is 2. The third kappa shape index (κ3) is 6.36. The molecular formula is C28H35N5O2. The molecule has 1 N–H and O–H groups in total. The van der Waals surface area contributed by atoms with Crippen molar-refractivity contribution in [3.05, 3.63) is 59.8 Å². The molecule has 1 aliphatic heterocycles. The van der Waals surface area contributed by atoms with Gasteiger partial charge in [-0.05, 0) is 89.7 Å². The number of anilines is 2. The summed E-state index contributed by atoms with van der Waals surface area (Å²) in [6.45, 7) is 7.90. The van der Waals surface area contributed by atoms with Crippen molar-refractivity contribution in [3.8, 4) is 5.75 Å². The van der Waals surface area contributed by atoms with Crippen molar-refractivity contribution < 1.29 is 9.53 Å². The number of amides is 1. The van der Waals surface area contributed by atoms with Crippen molar-refractivity contribution in [1.82, 2.24) is 14.9 Å². The summed E-state index contributed by atoms with van der Waals surface area (Å²) in [5.41, 5.74) is 3.45. The fourth-order valence-electron chi connectivity index (χ4n) is 4.35. The molecule has 1 aliphatic rings. The Morgan fingerprint density at radius 1 is 1.11 bits per heavy atom. The SMILES string of the molecule is Cc1nc(N2CCC(N(C)C)CC2)nc2ccc(NC(=O)C=Cc3ccc(OC(C)C)cc3)cc12. The molecule has 1 saturated heterocycles. The predicted molar refractivity (Wildman–Crippen MR) is 143 cm³/mol. The first-order valence-corrected chi connectivity index (χ1v) is 12.2. The first kappa shape index (κ1) is 24.7. The van der Waals surface area contributed by atoms with Gasteiger partial charge in [0, 0.05) is 36.3 Å². The second-order valence-electron chi connectivity index (χ2n) is 9.58. The lowest BCUT2D eigenvalue weighted by Crippen LogP contribution is -2.42. The van der Waals surface area contributed by atoms with Crippen LogP contribution in [0.15, 0.2) is 48.5 Å². The summed E-state index contributed by atoms with van der Waals surface area (Å²) in [7, 11) is 4.28. The van der Waals surface area contributed by atoms with E-state index in [2.05, 4.69) is 29.2 Å². The van der Waals surface area contributed by atoms with Gasteiger partial charge in [0.1, 0.15) is 5.75 Å². The number of aryl methyl sites for hydroxylation is 1. The van der Waals surface area contributed by atoms with E-state index < -0.39 is 0 Å². The average molecular weight is 474 g/mol. The van der Waals surface area contributed by atoms with Crippen LogP contribution in [0.4, 0.5) is 11.6 Å². The minimum Gasteiger partial charge on any atom is -0.491 e. The lowest BCUT2D eigenvalue weighted by atomic mass is 10.0. The maximum atomic E-state index is 12.5. The highest BCUT2D eigenvalue weighted by Gasteiger charge is 2.22. The number of fused-ring (bicyclic) bond motifs is 1. The second-order valence-corrected chi connectivity index (χ2v) is 9.58. The van der Waals surface area contributed by atoms with Crippen molar-refractivity contribution in [2.45, 2.75) is 45.8 Å². The zero-order valence-corrected chi connectivity index (χ0v) is 21.3. The van der Waals surface area contributed by atoms with Crippen LogP contribution >= 0.6 is 0 Å². The molecule has 0 radical (unpaired) electrons. The Morgan fingerprint density at radius 2 is 1.83 bits per heavy atom. The first-order valence-electron chi connectivity index (χ1n) is 12.2. The predicted octanol–water partition coefficient (Wildman–Crippen LogP) is 4.91. The van der Waals surface area contributed by atoms with Gasteiger partial charge >= 0.3 is 0 Å². The van der Waals surface area contributed by atoms with Crippen molar-refractivity contribution in [2.75, 3.05) is 37.4 Å². The molecule has 0 unspecified atom stereocenters. The van der Waals surface area contributed by atoms with E-state index in [-0.39, 0.29) is 12.0 Å². The Morgan fingerprint density at radius 3 is 2.49 bits per heavy atom. The van der Waals surface area contributed by atoms with Gasteiger partial charge in [0.05, 0.1) is 17.3 Å². The molecule has 1 fully saturated rings. The van der Waals surface area contributed by atoms with Crippen LogP contribution in [-0.4, -0.2) is 60.1 Å². The highest BCUT2D eigenvalue weighted by atomic mass is 16.5. The topological polar surface area (TPSA) is 70.6 Å². The fourth-order valence-corrected chi connectivity index (χ4v) is 4.35. The maximum Gasteiger partial charge on any atom is 0.248 e. The van der Waals surface area contributed by atoms with E-state index >= 15 is 0 Å². The van der Waals surface area contributed by atoms with Crippen molar-refractivity contribution >= 4 is 34.5 Å². The van der Waals surface area contributed by atoms with Gasteiger partial charge in [0.25, 0.3) is 0 Å². The van der Waals surface area contributed by atoms with E-state index in [1.54, 1.807) is 6.08 Å². The minimum atomic E-state index is -0.189. The third-order valence-electron chi connectivity index (χ3n) is 6.30. The summed E-state index contributed by atoms with van der Waals surface area (Å²) < 4.78 is 5.66. The summed E-state index contributed by atoms with van der Waals surface area (Å²) in [5.74, 6) is 1.42. The van der Waals surface area contributed by atoms with Gasteiger partial charge in [0.2, 0.25) is 11.9 Å². The largest absolute Gasteiger partial charge is 0.491 e. The molecule has 0 bridgehead atoms. The fraction of sp³-hybridized carbons (Fsp3) is 0.393. The molecule has 4 rings (SSSR count). The smallest absolute Gasteiger partial charge is 0.248 e. The molecule has 35 heavy (non-hydrogen) atoms. The lowest BCUT2D eigenvalue weighted by Gasteiger charge is -2.35. The summed E-state index contributed by atoms with van der Waals surface area (Å²) in [6.07, 6.45) is 5.68. The van der Waals surface area contributed by atoms with Crippen LogP contribution in [0.2, 0.25) is 0 Å².